The van der Waals surface area contributed by atoms with Crippen molar-refractivity contribution in [1.29, 1.82) is 0 Å². The fraction of sp³-hybridized carbons (Fsp3) is 0.889. The lowest BCUT2D eigenvalue weighted by Gasteiger charge is -2.43. The van der Waals surface area contributed by atoms with Crippen LogP contribution in [0.3, 0.4) is 0 Å². The molecule has 0 aromatic rings. The van der Waals surface area contributed by atoms with Gasteiger partial charge in [-0.25, -0.2) is 0 Å². The van der Waals surface area contributed by atoms with Crippen LogP contribution in [0.25, 0.3) is 0 Å². The van der Waals surface area contributed by atoms with E-state index in [1.54, 1.807) is 0 Å². The molecule has 0 aliphatic carbocycles. The largest absolute Gasteiger partial charge is 0.547 e. The average Bonchev–Trinajstić information content (AvgIpc) is 2.04. The first-order valence-corrected chi connectivity index (χ1v) is 4.47. The van der Waals surface area contributed by atoms with E-state index < -0.39 is 17.0 Å². The average molecular weight is 223 g/mol. The first-order chi connectivity index (χ1) is 6.31. The molecule has 6 heteroatoms. The van der Waals surface area contributed by atoms with E-state index in [0.717, 1.165) is 6.92 Å². The lowest BCUT2D eigenvalue weighted by molar-refractivity contribution is -0.331. The quantitative estimate of drug-likeness (QED) is 0.440. The number of carboxylic acid groups (broad SMARTS) is 1. The van der Waals surface area contributed by atoms with Crippen LogP contribution in [0, 0.1) is 5.41 Å². The summed E-state index contributed by atoms with van der Waals surface area (Å²) in [5, 5.41) is 37.9. The zero-order valence-electron chi connectivity index (χ0n) is 9.49. The van der Waals surface area contributed by atoms with Gasteiger partial charge in [0.25, 0.3) is 0 Å². The Kier molecular flexibility index (Phi) is 6.71. The zero-order valence-corrected chi connectivity index (χ0v) is 9.49. The predicted molar refractivity (Wildman–Crippen MR) is 53.1 cm³/mol. The Bertz CT molecular complexity index is 199. The van der Waals surface area contributed by atoms with E-state index in [2.05, 4.69) is 0 Å². The number of aliphatic hydroxyl groups excluding tert-OH is 2. The van der Waals surface area contributed by atoms with Crippen LogP contribution in [0.5, 0.6) is 0 Å². The second-order valence-electron chi connectivity index (χ2n) is 3.87. The Hall–Kier alpha value is -0.690. The molecule has 7 N–H and O–H groups in total. The summed E-state index contributed by atoms with van der Waals surface area (Å²) in [6.07, 6.45) is 0.184. The molecule has 0 radical (unpaired) electrons. The van der Waals surface area contributed by atoms with Crippen LogP contribution < -0.4 is 11.3 Å². The van der Waals surface area contributed by atoms with Crippen molar-refractivity contribution < 1.29 is 25.2 Å². The summed E-state index contributed by atoms with van der Waals surface area (Å²) in [7, 11) is 0. The van der Waals surface area contributed by atoms with Gasteiger partial charge in [0.05, 0.1) is 5.97 Å². The standard InChI is InChI=1S/C9H18O5.H3N/c1-8(3-5-10,4-6-11)9(2,14)7(12)13;/h10-11,14H,3-6H2,1-2H3,(H,12,13);1H3. The monoisotopic (exact) mass is 223 g/mol. The van der Waals surface area contributed by atoms with Crippen LogP contribution >= 0.6 is 0 Å². The summed E-state index contributed by atoms with van der Waals surface area (Å²) in [5.41, 5.74) is -3.15. The van der Waals surface area contributed by atoms with Gasteiger partial charge in [-0.05, 0) is 19.8 Å². The lowest BCUT2D eigenvalue weighted by Crippen LogP contribution is -2.57. The fourth-order valence-electron chi connectivity index (χ4n) is 1.35. The second kappa shape index (κ2) is 6.02. The molecule has 0 amide bonds. The zero-order chi connectivity index (χ0) is 11.4. The van der Waals surface area contributed by atoms with Gasteiger partial charge < -0.3 is 31.4 Å². The SMILES string of the molecule is CC(CCO)(CCO)C(C)(O)C(=O)[O-].[NH4+]. The fourth-order valence-corrected chi connectivity index (χ4v) is 1.35. The van der Waals surface area contributed by atoms with E-state index >= 15 is 0 Å². The number of carboxylic acids is 1. The molecule has 0 rings (SSSR count). The molecular weight excluding hydrogens is 202 g/mol. The van der Waals surface area contributed by atoms with E-state index in [4.69, 9.17) is 10.2 Å². The maximum atomic E-state index is 10.7. The first kappa shape index (κ1) is 16.7. The van der Waals surface area contributed by atoms with Crippen molar-refractivity contribution in [3.63, 3.8) is 0 Å². The number of quaternary nitrogens is 1. The Morgan fingerprint density at radius 2 is 1.53 bits per heavy atom. The molecule has 0 heterocycles. The van der Waals surface area contributed by atoms with Crippen molar-refractivity contribution in [2.75, 3.05) is 13.2 Å². The van der Waals surface area contributed by atoms with Gasteiger partial charge >= 0.3 is 0 Å². The minimum atomic E-state index is -2.06. The number of rotatable bonds is 6. The second-order valence-corrected chi connectivity index (χ2v) is 3.87. The van der Waals surface area contributed by atoms with Gasteiger partial charge in [-0.1, -0.05) is 6.92 Å². The van der Waals surface area contributed by atoms with Gasteiger partial charge in [0, 0.05) is 18.6 Å². The molecular formula is C9H21NO5. The Morgan fingerprint density at radius 1 is 1.20 bits per heavy atom. The van der Waals surface area contributed by atoms with Crippen LogP contribution in [-0.4, -0.2) is 40.1 Å². The van der Waals surface area contributed by atoms with E-state index in [-0.39, 0.29) is 32.2 Å². The van der Waals surface area contributed by atoms with Crippen LogP contribution in [0.4, 0.5) is 0 Å². The molecule has 1 unspecified atom stereocenters. The van der Waals surface area contributed by atoms with Gasteiger partial charge in [-0.2, -0.15) is 0 Å². The van der Waals surface area contributed by atoms with Gasteiger partial charge in [0.1, 0.15) is 5.60 Å². The molecule has 0 aliphatic rings. The number of aliphatic carboxylic acids is 1. The van der Waals surface area contributed by atoms with Crippen LogP contribution in [-0.2, 0) is 4.79 Å². The predicted octanol–water partition coefficient (Wildman–Crippen LogP) is -1.37. The number of hydrogen-bond donors (Lipinski definition) is 4. The molecule has 0 fully saturated rings. The number of carbonyl (C=O) groups excluding carboxylic acids is 1. The summed E-state index contributed by atoms with van der Waals surface area (Å²) in [6.45, 7) is 2.11. The highest BCUT2D eigenvalue weighted by molar-refractivity contribution is 5.75. The third-order valence-corrected chi connectivity index (χ3v) is 2.90. The van der Waals surface area contributed by atoms with E-state index in [1.165, 1.54) is 6.92 Å². The maximum Gasteiger partial charge on any atom is 0.107 e. The lowest BCUT2D eigenvalue weighted by atomic mass is 9.70. The molecule has 1 atom stereocenters. The van der Waals surface area contributed by atoms with E-state index in [9.17, 15) is 15.0 Å². The van der Waals surface area contributed by atoms with Gasteiger partial charge in [-0.15, -0.1) is 0 Å². The Balaban J connectivity index is 0. The topological polar surface area (TPSA) is 137 Å². The molecule has 0 aromatic heterocycles. The highest BCUT2D eigenvalue weighted by atomic mass is 16.4. The van der Waals surface area contributed by atoms with Crippen molar-refractivity contribution >= 4 is 5.97 Å². The minimum absolute atomic E-state index is 0. The number of aliphatic hydroxyl groups is 3. The van der Waals surface area contributed by atoms with Crippen LogP contribution in [0.2, 0.25) is 0 Å². The molecule has 15 heavy (non-hydrogen) atoms. The molecule has 0 aromatic carbocycles. The highest BCUT2D eigenvalue weighted by Gasteiger charge is 2.43. The van der Waals surface area contributed by atoms with Crippen molar-refractivity contribution in [3.8, 4) is 0 Å². The van der Waals surface area contributed by atoms with Gasteiger partial charge in [0.2, 0.25) is 0 Å². The first-order valence-electron chi connectivity index (χ1n) is 4.47. The summed E-state index contributed by atoms with van der Waals surface area (Å²) in [4.78, 5) is 10.7. The van der Waals surface area contributed by atoms with Crippen molar-refractivity contribution in [2.24, 2.45) is 5.41 Å². The number of carbonyl (C=O) groups is 1. The summed E-state index contributed by atoms with van der Waals surface area (Å²) in [6, 6.07) is 0. The molecule has 0 saturated carbocycles. The summed E-state index contributed by atoms with van der Waals surface area (Å²) < 4.78 is 0. The molecule has 92 valence electrons. The smallest absolute Gasteiger partial charge is 0.107 e. The minimum Gasteiger partial charge on any atom is -0.547 e. The normalized spacial score (nSPS) is 15.3. The maximum absolute atomic E-state index is 10.7. The van der Waals surface area contributed by atoms with Crippen molar-refractivity contribution in [1.82, 2.24) is 6.15 Å². The third kappa shape index (κ3) is 3.42. The van der Waals surface area contributed by atoms with Crippen molar-refractivity contribution in [2.45, 2.75) is 32.3 Å². The third-order valence-electron chi connectivity index (χ3n) is 2.90. The molecule has 6 nitrogen and oxygen atoms in total. The van der Waals surface area contributed by atoms with E-state index in [0.29, 0.717) is 0 Å². The number of hydrogen-bond acceptors (Lipinski definition) is 5. The Labute approximate surface area is 89.1 Å². The molecule has 0 aliphatic heterocycles. The Morgan fingerprint density at radius 3 is 1.73 bits per heavy atom. The van der Waals surface area contributed by atoms with Gasteiger partial charge in [-0.3, -0.25) is 0 Å². The van der Waals surface area contributed by atoms with Crippen LogP contribution in [0.1, 0.15) is 26.7 Å². The van der Waals surface area contributed by atoms with E-state index in [1.807, 2.05) is 0 Å². The highest BCUT2D eigenvalue weighted by Crippen LogP contribution is 2.37. The molecule has 0 bridgehead atoms. The molecule has 0 saturated heterocycles. The molecule has 0 spiro atoms. The van der Waals surface area contributed by atoms with Gasteiger partial charge in [0.15, 0.2) is 0 Å². The summed E-state index contributed by atoms with van der Waals surface area (Å²) in [5.74, 6) is -1.60. The summed E-state index contributed by atoms with van der Waals surface area (Å²) >= 11 is 0. The van der Waals surface area contributed by atoms with Crippen molar-refractivity contribution in [3.05, 3.63) is 0 Å². The van der Waals surface area contributed by atoms with Crippen LogP contribution in [0.15, 0.2) is 0 Å².